The molecule has 0 bridgehead atoms. The molecule has 2 nitrogen and oxygen atoms in total. The van der Waals surface area contributed by atoms with Gasteiger partial charge >= 0.3 is 0 Å². The average Bonchev–Trinajstić information content (AvgIpc) is 2.53. The third-order valence-corrected chi connectivity index (χ3v) is 2.50. The van der Waals surface area contributed by atoms with Crippen LogP contribution in [0, 0.1) is 12.7 Å². The van der Waals surface area contributed by atoms with Gasteiger partial charge in [0, 0.05) is 5.56 Å². The van der Waals surface area contributed by atoms with Crippen LogP contribution in [0.3, 0.4) is 0 Å². The Balaban J connectivity index is 2.52. The van der Waals surface area contributed by atoms with Gasteiger partial charge in [-0.2, -0.15) is 0 Å². The Morgan fingerprint density at radius 1 is 1.23 bits per heavy atom. The molecule has 0 aliphatic carbocycles. The van der Waals surface area contributed by atoms with Gasteiger partial charge in [-0.1, -0.05) is 23.5 Å². The Morgan fingerprint density at radius 2 is 2.00 bits per heavy atom. The highest BCUT2D eigenvalue weighted by Crippen LogP contribution is 2.24. The molecular formula is C9H7FN2S. The van der Waals surface area contributed by atoms with E-state index in [2.05, 4.69) is 10.2 Å². The summed E-state index contributed by atoms with van der Waals surface area (Å²) in [5.41, 5.74) is 0.521. The summed E-state index contributed by atoms with van der Waals surface area (Å²) in [5, 5.41) is 9.19. The van der Waals surface area contributed by atoms with E-state index in [4.69, 9.17) is 0 Å². The summed E-state index contributed by atoms with van der Waals surface area (Å²) in [6, 6.07) is 6.57. The number of hydrogen-bond acceptors (Lipinski definition) is 3. The minimum absolute atomic E-state index is 0.251. The molecule has 0 spiro atoms. The van der Waals surface area contributed by atoms with Crippen LogP contribution in [0.25, 0.3) is 10.6 Å². The van der Waals surface area contributed by atoms with Crippen LogP contribution in [0.2, 0.25) is 0 Å². The molecule has 4 heteroatoms. The summed E-state index contributed by atoms with van der Waals surface area (Å²) in [5.74, 6) is -0.251. The Morgan fingerprint density at radius 3 is 2.62 bits per heavy atom. The van der Waals surface area contributed by atoms with Crippen molar-refractivity contribution in [2.75, 3.05) is 0 Å². The molecule has 0 saturated heterocycles. The van der Waals surface area contributed by atoms with Gasteiger partial charge in [-0.15, -0.1) is 10.2 Å². The maximum atomic E-state index is 13.2. The van der Waals surface area contributed by atoms with Crippen molar-refractivity contribution in [1.82, 2.24) is 10.2 Å². The van der Waals surface area contributed by atoms with Gasteiger partial charge in [-0.25, -0.2) is 4.39 Å². The lowest BCUT2D eigenvalue weighted by atomic mass is 10.2. The lowest BCUT2D eigenvalue weighted by molar-refractivity contribution is 0.631. The van der Waals surface area contributed by atoms with E-state index in [0.717, 1.165) is 5.01 Å². The van der Waals surface area contributed by atoms with Gasteiger partial charge < -0.3 is 0 Å². The number of benzene rings is 1. The lowest BCUT2D eigenvalue weighted by Gasteiger charge is -1.95. The predicted molar refractivity (Wildman–Crippen MR) is 50.0 cm³/mol. The maximum absolute atomic E-state index is 13.2. The zero-order valence-corrected chi connectivity index (χ0v) is 7.81. The average molecular weight is 194 g/mol. The number of nitrogens with zero attached hydrogens (tertiary/aromatic N) is 2. The standard InChI is InChI=1S/C9H7FN2S/c1-6-11-12-9(13-6)7-4-2-3-5-8(7)10/h2-5H,1H3. The molecule has 0 saturated carbocycles. The van der Waals surface area contributed by atoms with E-state index < -0.39 is 0 Å². The van der Waals surface area contributed by atoms with E-state index in [1.54, 1.807) is 18.2 Å². The SMILES string of the molecule is Cc1nnc(-c2ccccc2F)s1. The molecule has 0 amide bonds. The van der Waals surface area contributed by atoms with Gasteiger partial charge in [0.15, 0.2) is 5.01 Å². The molecule has 66 valence electrons. The van der Waals surface area contributed by atoms with Crippen LogP contribution in [0.1, 0.15) is 5.01 Å². The second-order valence-corrected chi connectivity index (χ2v) is 3.79. The summed E-state index contributed by atoms with van der Waals surface area (Å²) in [7, 11) is 0. The number of hydrogen-bond donors (Lipinski definition) is 0. The molecule has 0 aliphatic heterocycles. The van der Waals surface area contributed by atoms with Crippen LogP contribution in [0.5, 0.6) is 0 Å². The van der Waals surface area contributed by atoms with Crippen molar-refractivity contribution in [3.05, 3.63) is 35.1 Å². The summed E-state index contributed by atoms with van der Waals surface area (Å²) in [4.78, 5) is 0. The van der Waals surface area contributed by atoms with Crippen LogP contribution in [0.4, 0.5) is 4.39 Å². The van der Waals surface area contributed by atoms with Crippen LogP contribution >= 0.6 is 11.3 Å². The molecule has 0 radical (unpaired) electrons. The molecule has 1 aromatic heterocycles. The highest BCUT2D eigenvalue weighted by Gasteiger charge is 2.07. The molecule has 1 heterocycles. The molecule has 0 N–H and O–H groups in total. The fourth-order valence-electron chi connectivity index (χ4n) is 1.04. The third-order valence-electron chi connectivity index (χ3n) is 1.63. The minimum Gasteiger partial charge on any atom is -0.206 e. The molecule has 1 aromatic carbocycles. The van der Waals surface area contributed by atoms with Crippen molar-refractivity contribution in [3.63, 3.8) is 0 Å². The molecule has 0 atom stereocenters. The number of halogens is 1. The fourth-order valence-corrected chi connectivity index (χ4v) is 1.76. The monoisotopic (exact) mass is 194 g/mol. The first-order chi connectivity index (χ1) is 6.27. The molecular weight excluding hydrogens is 187 g/mol. The molecule has 0 unspecified atom stereocenters. The molecule has 0 fully saturated rings. The summed E-state index contributed by atoms with van der Waals surface area (Å²) in [6.45, 7) is 1.85. The van der Waals surface area contributed by atoms with Gasteiger partial charge in [0.05, 0.1) is 0 Å². The van der Waals surface area contributed by atoms with Crippen molar-refractivity contribution in [2.24, 2.45) is 0 Å². The molecule has 0 aliphatic rings. The Kier molecular flexibility index (Phi) is 2.06. The van der Waals surface area contributed by atoms with Gasteiger partial charge in [0.1, 0.15) is 10.8 Å². The van der Waals surface area contributed by atoms with Gasteiger partial charge in [0.25, 0.3) is 0 Å². The van der Waals surface area contributed by atoms with E-state index in [9.17, 15) is 4.39 Å². The normalized spacial score (nSPS) is 10.3. The quantitative estimate of drug-likeness (QED) is 0.697. The first-order valence-corrected chi connectivity index (χ1v) is 4.64. The van der Waals surface area contributed by atoms with E-state index >= 15 is 0 Å². The number of aromatic nitrogens is 2. The number of aryl methyl sites for hydroxylation is 1. The summed E-state index contributed by atoms with van der Waals surface area (Å²) >= 11 is 1.39. The van der Waals surface area contributed by atoms with E-state index in [1.807, 2.05) is 6.92 Å². The maximum Gasteiger partial charge on any atom is 0.150 e. The Hall–Kier alpha value is -1.29. The topological polar surface area (TPSA) is 25.8 Å². The second-order valence-electron chi connectivity index (χ2n) is 2.61. The highest BCUT2D eigenvalue weighted by atomic mass is 32.1. The van der Waals surface area contributed by atoms with Crippen LogP contribution in [-0.2, 0) is 0 Å². The lowest BCUT2D eigenvalue weighted by Crippen LogP contribution is -1.81. The van der Waals surface area contributed by atoms with Gasteiger partial charge in [-0.05, 0) is 19.1 Å². The highest BCUT2D eigenvalue weighted by molar-refractivity contribution is 7.14. The zero-order chi connectivity index (χ0) is 9.26. The first kappa shape index (κ1) is 8.31. The van der Waals surface area contributed by atoms with E-state index in [1.165, 1.54) is 17.4 Å². The molecule has 13 heavy (non-hydrogen) atoms. The largest absolute Gasteiger partial charge is 0.206 e. The smallest absolute Gasteiger partial charge is 0.150 e. The van der Waals surface area contributed by atoms with Crippen molar-refractivity contribution in [2.45, 2.75) is 6.92 Å². The van der Waals surface area contributed by atoms with Crippen molar-refractivity contribution < 1.29 is 4.39 Å². The van der Waals surface area contributed by atoms with Gasteiger partial charge in [0.2, 0.25) is 0 Å². The summed E-state index contributed by atoms with van der Waals surface area (Å²) < 4.78 is 13.2. The van der Waals surface area contributed by atoms with E-state index in [-0.39, 0.29) is 5.82 Å². The summed E-state index contributed by atoms with van der Waals surface area (Å²) in [6.07, 6.45) is 0. The Bertz CT molecular complexity index is 425. The van der Waals surface area contributed by atoms with Crippen molar-refractivity contribution >= 4 is 11.3 Å². The third kappa shape index (κ3) is 1.58. The van der Waals surface area contributed by atoms with Crippen LogP contribution in [-0.4, -0.2) is 10.2 Å². The minimum atomic E-state index is -0.251. The van der Waals surface area contributed by atoms with E-state index in [0.29, 0.717) is 10.6 Å². The van der Waals surface area contributed by atoms with Crippen molar-refractivity contribution in [3.8, 4) is 10.6 Å². The fraction of sp³-hybridized carbons (Fsp3) is 0.111. The second kappa shape index (κ2) is 3.22. The Labute approximate surface area is 79.1 Å². The van der Waals surface area contributed by atoms with Crippen molar-refractivity contribution in [1.29, 1.82) is 0 Å². The molecule has 2 rings (SSSR count). The molecule has 2 aromatic rings. The predicted octanol–water partition coefficient (Wildman–Crippen LogP) is 2.65. The van der Waals surface area contributed by atoms with Crippen LogP contribution < -0.4 is 0 Å². The van der Waals surface area contributed by atoms with Gasteiger partial charge in [-0.3, -0.25) is 0 Å². The number of rotatable bonds is 1. The van der Waals surface area contributed by atoms with Crippen LogP contribution in [0.15, 0.2) is 24.3 Å². The first-order valence-electron chi connectivity index (χ1n) is 3.82. The zero-order valence-electron chi connectivity index (χ0n) is 6.99.